The lowest BCUT2D eigenvalue weighted by Crippen LogP contribution is -2.04. The smallest absolute Gasteiger partial charge is 0.399 e. The number of thiol groups is 1. The minimum atomic E-state index is -4.42. The van der Waals surface area contributed by atoms with E-state index in [1.807, 2.05) is 0 Å². The summed E-state index contributed by atoms with van der Waals surface area (Å²) in [5.74, 6) is 0. The van der Waals surface area contributed by atoms with Crippen LogP contribution in [0.5, 0.6) is 0 Å². The number of alkyl halides is 3. The van der Waals surface area contributed by atoms with Crippen LogP contribution in [0.3, 0.4) is 0 Å². The number of hydrogen-bond donors (Lipinski definition) is 5. The number of H-pyrrole nitrogens is 1. The van der Waals surface area contributed by atoms with E-state index in [4.69, 9.17) is 15.7 Å². The summed E-state index contributed by atoms with van der Waals surface area (Å²) in [6.07, 6.45) is 3.55. The molecule has 1 aromatic heterocycles. The SMILES string of the molecule is C=C1C=CC(N)=CC1=N.CS.O=S(O)c1c[nH]c2cc(C(F)(F)F)ccc12. The molecule has 146 valence electrons. The van der Waals surface area contributed by atoms with Gasteiger partial charge >= 0.3 is 6.18 Å². The Morgan fingerprint density at radius 2 is 1.93 bits per heavy atom. The van der Waals surface area contributed by atoms with Crippen molar-refractivity contribution in [2.45, 2.75) is 11.1 Å². The van der Waals surface area contributed by atoms with Crippen LogP contribution in [0.1, 0.15) is 5.56 Å². The Morgan fingerprint density at radius 3 is 2.41 bits per heavy atom. The first-order chi connectivity index (χ1) is 12.6. The minimum Gasteiger partial charge on any atom is -0.399 e. The number of nitrogens with one attached hydrogen (secondary N) is 2. The third kappa shape index (κ3) is 6.12. The molecule has 0 amide bonds. The fourth-order valence-corrected chi connectivity index (χ4v) is 2.54. The number of fused-ring (bicyclic) bond motifs is 1. The Balaban J connectivity index is 0.000000282. The lowest BCUT2D eigenvalue weighted by atomic mass is 10.1. The van der Waals surface area contributed by atoms with E-state index in [-0.39, 0.29) is 10.4 Å². The van der Waals surface area contributed by atoms with Crippen LogP contribution >= 0.6 is 12.6 Å². The van der Waals surface area contributed by atoms with E-state index in [0.29, 0.717) is 22.4 Å². The normalized spacial score (nSPS) is 14.7. The molecule has 0 spiro atoms. The molecule has 0 bridgehead atoms. The van der Waals surface area contributed by atoms with Crippen LogP contribution in [-0.2, 0) is 17.3 Å². The Morgan fingerprint density at radius 1 is 1.30 bits per heavy atom. The van der Waals surface area contributed by atoms with Crippen molar-refractivity contribution >= 4 is 40.3 Å². The maximum absolute atomic E-state index is 12.4. The van der Waals surface area contributed by atoms with Crippen molar-refractivity contribution in [3.63, 3.8) is 0 Å². The molecular weight excluding hydrogens is 399 g/mol. The molecule has 27 heavy (non-hydrogen) atoms. The topological polar surface area (TPSA) is 103 Å². The molecule has 0 saturated carbocycles. The molecule has 1 aliphatic carbocycles. The zero-order chi connectivity index (χ0) is 20.8. The molecule has 1 aromatic carbocycles. The van der Waals surface area contributed by atoms with Gasteiger partial charge in [-0.3, -0.25) is 0 Å². The molecule has 1 aliphatic rings. The second-order valence-corrected chi connectivity index (χ2v) is 6.01. The predicted octanol–water partition coefficient (Wildman–Crippen LogP) is 4.29. The van der Waals surface area contributed by atoms with Crippen LogP contribution in [0.4, 0.5) is 13.2 Å². The van der Waals surface area contributed by atoms with E-state index in [2.05, 4.69) is 24.2 Å². The number of allylic oxidation sites excluding steroid dienone is 4. The van der Waals surface area contributed by atoms with Gasteiger partial charge in [0.1, 0.15) is 0 Å². The van der Waals surface area contributed by atoms with Gasteiger partial charge in [-0.05, 0) is 36.1 Å². The zero-order valence-corrected chi connectivity index (χ0v) is 15.9. The highest BCUT2D eigenvalue weighted by Gasteiger charge is 2.30. The Bertz CT molecular complexity index is 931. The van der Waals surface area contributed by atoms with E-state index >= 15 is 0 Å². The molecule has 5 nitrogen and oxygen atoms in total. The molecule has 0 radical (unpaired) electrons. The molecule has 0 aliphatic heterocycles. The Kier molecular flexibility index (Phi) is 8.07. The summed E-state index contributed by atoms with van der Waals surface area (Å²) in [6.45, 7) is 3.62. The third-order valence-electron chi connectivity index (χ3n) is 3.29. The van der Waals surface area contributed by atoms with Gasteiger partial charge in [-0.15, -0.1) is 0 Å². The number of nitrogens with two attached hydrogens (primary N) is 1. The van der Waals surface area contributed by atoms with Crippen molar-refractivity contribution in [2.75, 3.05) is 6.26 Å². The molecule has 10 heteroatoms. The number of rotatable bonds is 1. The van der Waals surface area contributed by atoms with Crippen LogP contribution in [0.25, 0.3) is 10.9 Å². The molecule has 0 saturated heterocycles. The van der Waals surface area contributed by atoms with Crippen LogP contribution in [0, 0.1) is 5.41 Å². The van der Waals surface area contributed by atoms with Crippen LogP contribution < -0.4 is 5.73 Å². The highest BCUT2D eigenvalue weighted by atomic mass is 32.2. The van der Waals surface area contributed by atoms with Crippen molar-refractivity contribution < 1.29 is 21.9 Å². The average Bonchev–Trinajstić information content (AvgIpc) is 3.03. The monoisotopic (exact) mass is 417 g/mol. The summed E-state index contributed by atoms with van der Waals surface area (Å²) in [5, 5.41) is 7.53. The number of aromatic amines is 1. The molecule has 2 aromatic rings. The Hall–Kier alpha value is -2.30. The van der Waals surface area contributed by atoms with Crippen LogP contribution in [0.15, 0.2) is 65.4 Å². The lowest BCUT2D eigenvalue weighted by molar-refractivity contribution is -0.137. The van der Waals surface area contributed by atoms with E-state index in [1.165, 1.54) is 12.3 Å². The molecule has 0 fully saturated rings. The van der Waals surface area contributed by atoms with Gasteiger partial charge in [0.15, 0.2) is 11.1 Å². The summed E-state index contributed by atoms with van der Waals surface area (Å²) < 4.78 is 56.8. The van der Waals surface area contributed by atoms with E-state index in [9.17, 15) is 17.4 Å². The van der Waals surface area contributed by atoms with Gasteiger partial charge in [-0.25, -0.2) is 4.21 Å². The largest absolute Gasteiger partial charge is 0.416 e. The summed E-state index contributed by atoms with van der Waals surface area (Å²) in [4.78, 5) is 2.60. The number of aromatic nitrogens is 1. The number of benzene rings is 1. The summed E-state index contributed by atoms with van der Waals surface area (Å²) >= 11 is 1.32. The molecule has 1 atom stereocenters. The predicted molar refractivity (Wildman–Crippen MR) is 106 cm³/mol. The maximum Gasteiger partial charge on any atom is 0.416 e. The third-order valence-corrected chi connectivity index (χ3v) is 4.01. The van der Waals surface area contributed by atoms with E-state index in [1.54, 1.807) is 24.5 Å². The number of hydrogen-bond acceptors (Lipinski definition) is 4. The van der Waals surface area contributed by atoms with Crippen LogP contribution in [-0.4, -0.2) is 25.7 Å². The molecule has 3 rings (SSSR count). The van der Waals surface area contributed by atoms with Crippen molar-refractivity contribution in [3.8, 4) is 0 Å². The quantitative estimate of drug-likeness (QED) is 0.353. The van der Waals surface area contributed by atoms with Gasteiger partial charge in [0.2, 0.25) is 0 Å². The fourth-order valence-electron chi connectivity index (χ4n) is 2.01. The second-order valence-electron chi connectivity index (χ2n) is 5.08. The highest BCUT2D eigenvalue weighted by Crippen LogP contribution is 2.32. The summed E-state index contributed by atoms with van der Waals surface area (Å²) in [7, 11) is 0. The Labute approximate surface area is 162 Å². The highest BCUT2D eigenvalue weighted by molar-refractivity contribution is 7.79. The van der Waals surface area contributed by atoms with Crippen LogP contribution in [0.2, 0.25) is 0 Å². The first kappa shape index (κ1) is 22.7. The van der Waals surface area contributed by atoms with E-state index in [0.717, 1.165) is 12.1 Å². The van der Waals surface area contributed by atoms with Crippen molar-refractivity contribution in [2.24, 2.45) is 5.73 Å². The average molecular weight is 417 g/mol. The summed E-state index contributed by atoms with van der Waals surface area (Å²) in [6, 6.07) is 2.97. The van der Waals surface area contributed by atoms with Gasteiger partial charge in [0, 0.05) is 22.8 Å². The van der Waals surface area contributed by atoms with Crippen molar-refractivity contribution in [1.29, 1.82) is 5.41 Å². The maximum atomic E-state index is 12.4. The van der Waals surface area contributed by atoms with Gasteiger partial charge in [0.05, 0.1) is 16.2 Å². The van der Waals surface area contributed by atoms with Crippen molar-refractivity contribution in [1.82, 2.24) is 4.98 Å². The molecular formula is C17H18F3N3O2S2. The minimum absolute atomic E-state index is 0.0729. The second kappa shape index (κ2) is 9.58. The zero-order valence-electron chi connectivity index (χ0n) is 14.2. The van der Waals surface area contributed by atoms with Crippen molar-refractivity contribution in [3.05, 3.63) is 66.0 Å². The first-order valence-corrected chi connectivity index (χ1v) is 9.26. The first-order valence-electron chi connectivity index (χ1n) is 7.26. The van der Waals surface area contributed by atoms with Gasteiger partial charge in [0.25, 0.3) is 0 Å². The van der Waals surface area contributed by atoms with Gasteiger partial charge < -0.3 is 20.7 Å². The number of halogens is 3. The van der Waals surface area contributed by atoms with E-state index < -0.39 is 22.8 Å². The fraction of sp³-hybridized carbons (Fsp3) is 0.118. The van der Waals surface area contributed by atoms with Gasteiger partial charge in [-0.1, -0.05) is 18.7 Å². The molecule has 1 unspecified atom stereocenters. The molecule has 1 heterocycles. The molecule has 5 N–H and O–H groups in total. The summed E-state index contributed by atoms with van der Waals surface area (Å²) in [5.41, 5.74) is 6.50. The standard InChI is InChI=1S/C9H6F3NO2S.C7H8N2.CH4S/c10-9(11,12)5-1-2-6-7(3-5)13-4-8(6)16(14)15;1-5-2-3-6(8)4-7(5)9;1-2/h1-4,13H,(H,14,15);2-4,9H,1,8H2;2H,1H3. The lowest BCUT2D eigenvalue weighted by Gasteiger charge is -2.05. The van der Waals surface area contributed by atoms with Gasteiger partial charge in [-0.2, -0.15) is 25.8 Å².